The van der Waals surface area contributed by atoms with Crippen molar-refractivity contribution in [3.8, 4) is 0 Å². The fourth-order valence-corrected chi connectivity index (χ4v) is 1.86. The van der Waals surface area contributed by atoms with Crippen molar-refractivity contribution in [2.45, 2.75) is 53.0 Å². The van der Waals surface area contributed by atoms with Gasteiger partial charge in [0.1, 0.15) is 0 Å². The molecule has 0 aromatic rings. The molecule has 0 heterocycles. The molecule has 0 radical (unpaired) electrons. The van der Waals surface area contributed by atoms with Crippen molar-refractivity contribution in [3.63, 3.8) is 0 Å². The highest BCUT2D eigenvalue weighted by atomic mass is 16.5. The molecule has 15 heavy (non-hydrogen) atoms. The zero-order valence-electron chi connectivity index (χ0n) is 11.2. The molecule has 0 amide bonds. The Bertz CT molecular complexity index is 136. The van der Waals surface area contributed by atoms with E-state index in [-0.39, 0.29) is 0 Å². The van der Waals surface area contributed by atoms with E-state index in [9.17, 15) is 0 Å². The van der Waals surface area contributed by atoms with Gasteiger partial charge in [-0.05, 0) is 37.6 Å². The van der Waals surface area contributed by atoms with Crippen LogP contribution in [0.5, 0.6) is 0 Å². The van der Waals surface area contributed by atoms with Crippen molar-refractivity contribution < 1.29 is 4.74 Å². The standard InChI is InChI=1S/C13H29NO/c1-6-14-13(11(2)3)8-7-12(4)9-10-15-5/h11-14H,6-10H2,1-5H3. The fraction of sp³-hybridized carbons (Fsp3) is 1.00. The first-order chi connectivity index (χ1) is 7.11. The summed E-state index contributed by atoms with van der Waals surface area (Å²) < 4.78 is 5.10. The van der Waals surface area contributed by atoms with Crippen LogP contribution < -0.4 is 5.32 Å². The van der Waals surface area contributed by atoms with E-state index in [1.54, 1.807) is 7.11 Å². The summed E-state index contributed by atoms with van der Waals surface area (Å²) in [6, 6.07) is 0.681. The molecule has 0 bridgehead atoms. The molecule has 0 aromatic carbocycles. The van der Waals surface area contributed by atoms with Gasteiger partial charge in [-0.15, -0.1) is 0 Å². The molecule has 0 aliphatic carbocycles. The lowest BCUT2D eigenvalue weighted by Crippen LogP contribution is -2.33. The minimum Gasteiger partial charge on any atom is -0.385 e. The number of hydrogen-bond acceptors (Lipinski definition) is 2. The summed E-state index contributed by atoms with van der Waals surface area (Å²) in [4.78, 5) is 0. The van der Waals surface area contributed by atoms with Gasteiger partial charge in [0, 0.05) is 19.8 Å². The van der Waals surface area contributed by atoms with Gasteiger partial charge in [-0.2, -0.15) is 0 Å². The van der Waals surface area contributed by atoms with Crippen molar-refractivity contribution in [1.82, 2.24) is 5.32 Å². The topological polar surface area (TPSA) is 21.3 Å². The third-order valence-corrected chi connectivity index (χ3v) is 3.06. The molecule has 0 fully saturated rings. The van der Waals surface area contributed by atoms with Crippen LogP contribution in [0.15, 0.2) is 0 Å². The average Bonchev–Trinajstić information content (AvgIpc) is 2.20. The van der Waals surface area contributed by atoms with E-state index in [0.717, 1.165) is 25.0 Å². The van der Waals surface area contributed by atoms with Crippen LogP contribution in [0, 0.1) is 11.8 Å². The number of hydrogen-bond donors (Lipinski definition) is 1. The molecule has 92 valence electrons. The predicted octanol–water partition coefficient (Wildman–Crippen LogP) is 3.07. The molecule has 0 aliphatic rings. The molecule has 2 atom stereocenters. The maximum absolute atomic E-state index is 5.10. The molecule has 0 aromatic heterocycles. The lowest BCUT2D eigenvalue weighted by atomic mass is 9.93. The highest BCUT2D eigenvalue weighted by Crippen LogP contribution is 2.15. The first-order valence-electron chi connectivity index (χ1n) is 6.34. The van der Waals surface area contributed by atoms with Crippen molar-refractivity contribution in [3.05, 3.63) is 0 Å². The van der Waals surface area contributed by atoms with Crippen LogP contribution in [-0.4, -0.2) is 26.3 Å². The zero-order chi connectivity index (χ0) is 11.7. The van der Waals surface area contributed by atoms with Crippen molar-refractivity contribution >= 4 is 0 Å². The molecule has 2 unspecified atom stereocenters. The van der Waals surface area contributed by atoms with Crippen LogP contribution in [0.1, 0.15) is 47.0 Å². The monoisotopic (exact) mass is 215 g/mol. The average molecular weight is 215 g/mol. The molecule has 1 N–H and O–H groups in total. The highest BCUT2D eigenvalue weighted by Gasteiger charge is 2.13. The number of nitrogens with one attached hydrogen (secondary N) is 1. The molecule has 0 saturated carbocycles. The Labute approximate surface area is 95.8 Å². The van der Waals surface area contributed by atoms with E-state index in [4.69, 9.17) is 4.74 Å². The first-order valence-corrected chi connectivity index (χ1v) is 6.34. The third kappa shape index (κ3) is 7.80. The van der Waals surface area contributed by atoms with Crippen molar-refractivity contribution in [1.29, 1.82) is 0 Å². The fourth-order valence-electron chi connectivity index (χ4n) is 1.86. The van der Waals surface area contributed by atoms with E-state index in [1.165, 1.54) is 19.3 Å². The second-order valence-corrected chi connectivity index (χ2v) is 4.87. The molecular formula is C13H29NO. The van der Waals surface area contributed by atoms with Gasteiger partial charge in [0.05, 0.1) is 0 Å². The van der Waals surface area contributed by atoms with Gasteiger partial charge in [0.15, 0.2) is 0 Å². The van der Waals surface area contributed by atoms with Crippen molar-refractivity contribution in [2.24, 2.45) is 11.8 Å². The van der Waals surface area contributed by atoms with Crippen molar-refractivity contribution in [2.75, 3.05) is 20.3 Å². The summed E-state index contributed by atoms with van der Waals surface area (Å²) in [6.07, 6.45) is 3.78. The SMILES string of the molecule is CCNC(CCC(C)CCOC)C(C)C. The molecule has 0 rings (SSSR count). The van der Waals surface area contributed by atoms with Crippen LogP contribution >= 0.6 is 0 Å². The van der Waals surface area contributed by atoms with Crippen LogP contribution in [-0.2, 0) is 4.74 Å². The summed E-state index contributed by atoms with van der Waals surface area (Å²) in [5.74, 6) is 1.52. The third-order valence-electron chi connectivity index (χ3n) is 3.06. The molecular weight excluding hydrogens is 186 g/mol. The predicted molar refractivity (Wildman–Crippen MR) is 67.2 cm³/mol. The Morgan fingerprint density at radius 3 is 2.20 bits per heavy atom. The van der Waals surface area contributed by atoms with Crippen LogP contribution in [0.25, 0.3) is 0 Å². The second kappa shape index (κ2) is 9.17. The Hall–Kier alpha value is -0.0800. The Balaban J connectivity index is 3.68. The lowest BCUT2D eigenvalue weighted by Gasteiger charge is -2.23. The second-order valence-electron chi connectivity index (χ2n) is 4.87. The Kier molecular flexibility index (Phi) is 9.12. The lowest BCUT2D eigenvalue weighted by molar-refractivity contribution is 0.176. The maximum atomic E-state index is 5.10. The van der Waals surface area contributed by atoms with Crippen LogP contribution in [0.3, 0.4) is 0 Å². The summed E-state index contributed by atoms with van der Waals surface area (Å²) in [6.45, 7) is 11.1. The zero-order valence-corrected chi connectivity index (χ0v) is 11.2. The molecule has 2 nitrogen and oxygen atoms in total. The molecule has 0 aliphatic heterocycles. The molecule has 0 saturated heterocycles. The molecule has 2 heteroatoms. The smallest absolute Gasteiger partial charge is 0.0464 e. The summed E-state index contributed by atoms with van der Waals surface area (Å²) in [5.41, 5.74) is 0. The maximum Gasteiger partial charge on any atom is 0.0464 e. The van der Waals surface area contributed by atoms with E-state index in [1.807, 2.05) is 0 Å². The summed E-state index contributed by atoms with van der Waals surface area (Å²) in [7, 11) is 1.78. The number of methoxy groups -OCH3 is 1. The van der Waals surface area contributed by atoms with Gasteiger partial charge in [0.25, 0.3) is 0 Å². The quantitative estimate of drug-likeness (QED) is 0.638. The highest BCUT2D eigenvalue weighted by molar-refractivity contribution is 4.71. The van der Waals surface area contributed by atoms with Crippen LogP contribution in [0.4, 0.5) is 0 Å². The van der Waals surface area contributed by atoms with Gasteiger partial charge in [-0.25, -0.2) is 0 Å². The number of ether oxygens (including phenoxy) is 1. The number of rotatable bonds is 9. The summed E-state index contributed by atoms with van der Waals surface area (Å²) in [5, 5.41) is 3.56. The van der Waals surface area contributed by atoms with Gasteiger partial charge < -0.3 is 10.1 Å². The van der Waals surface area contributed by atoms with E-state index in [0.29, 0.717) is 6.04 Å². The van der Waals surface area contributed by atoms with Crippen LogP contribution in [0.2, 0.25) is 0 Å². The van der Waals surface area contributed by atoms with E-state index in [2.05, 4.69) is 33.0 Å². The van der Waals surface area contributed by atoms with Gasteiger partial charge >= 0.3 is 0 Å². The first kappa shape index (κ1) is 14.9. The van der Waals surface area contributed by atoms with E-state index >= 15 is 0 Å². The van der Waals surface area contributed by atoms with Gasteiger partial charge in [-0.3, -0.25) is 0 Å². The Morgan fingerprint density at radius 1 is 1.07 bits per heavy atom. The summed E-state index contributed by atoms with van der Waals surface area (Å²) >= 11 is 0. The van der Waals surface area contributed by atoms with Gasteiger partial charge in [0.2, 0.25) is 0 Å². The normalized spacial score (nSPS) is 15.6. The van der Waals surface area contributed by atoms with Gasteiger partial charge in [-0.1, -0.05) is 27.7 Å². The molecule has 0 spiro atoms. The minimum atomic E-state index is 0.681. The minimum absolute atomic E-state index is 0.681. The Morgan fingerprint density at radius 2 is 1.73 bits per heavy atom. The van der Waals surface area contributed by atoms with E-state index < -0.39 is 0 Å². The largest absolute Gasteiger partial charge is 0.385 e.